The zero-order valence-electron chi connectivity index (χ0n) is 10.1. The Bertz CT molecular complexity index is 170. The minimum atomic E-state index is 0.543. The highest BCUT2D eigenvalue weighted by molar-refractivity contribution is 7.80. The molecular formula is C12H25NS. The second-order valence-electron chi connectivity index (χ2n) is 5.41. The lowest BCUT2D eigenvalue weighted by Crippen LogP contribution is -2.46. The van der Waals surface area contributed by atoms with Crippen LogP contribution in [0.2, 0.25) is 0 Å². The fourth-order valence-electron chi connectivity index (χ4n) is 2.23. The summed E-state index contributed by atoms with van der Waals surface area (Å²) in [6, 6.07) is 0.687. The molecule has 0 radical (unpaired) electrons. The van der Waals surface area contributed by atoms with Gasteiger partial charge in [0.25, 0.3) is 0 Å². The summed E-state index contributed by atoms with van der Waals surface area (Å²) in [6.45, 7) is 8.16. The van der Waals surface area contributed by atoms with Crippen LogP contribution in [-0.4, -0.2) is 30.3 Å². The van der Waals surface area contributed by atoms with Crippen molar-refractivity contribution in [1.82, 2.24) is 4.90 Å². The van der Waals surface area contributed by atoms with Crippen molar-refractivity contribution in [3.8, 4) is 0 Å². The van der Waals surface area contributed by atoms with Gasteiger partial charge in [0, 0.05) is 12.6 Å². The average molecular weight is 215 g/mol. The van der Waals surface area contributed by atoms with Crippen LogP contribution in [0.1, 0.15) is 40.0 Å². The number of hydrogen-bond donors (Lipinski definition) is 1. The van der Waals surface area contributed by atoms with Crippen LogP contribution in [0.4, 0.5) is 0 Å². The lowest BCUT2D eigenvalue weighted by molar-refractivity contribution is 0.0734. The maximum Gasteiger partial charge on any atom is 0.00871 e. The van der Waals surface area contributed by atoms with E-state index in [2.05, 4.69) is 45.3 Å². The minimum absolute atomic E-state index is 0.543. The molecule has 0 aliphatic heterocycles. The summed E-state index contributed by atoms with van der Waals surface area (Å²) in [7, 11) is 2.26. The van der Waals surface area contributed by atoms with E-state index in [1.54, 1.807) is 0 Å². The van der Waals surface area contributed by atoms with Gasteiger partial charge in [0.05, 0.1) is 0 Å². The van der Waals surface area contributed by atoms with Crippen LogP contribution in [0, 0.1) is 11.3 Å². The van der Waals surface area contributed by atoms with E-state index in [9.17, 15) is 0 Å². The molecule has 1 saturated carbocycles. The Balaban J connectivity index is 2.42. The van der Waals surface area contributed by atoms with E-state index < -0.39 is 0 Å². The smallest absolute Gasteiger partial charge is 0.00871 e. The van der Waals surface area contributed by atoms with Crippen LogP contribution in [0.15, 0.2) is 0 Å². The molecular weight excluding hydrogens is 190 g/mol. The van der Waals surface area contributed by atoms with Crippen molar-refractivity contribution in [3.05, 3.63) is 0 Å². The first-order chi connectivity index (χ1) is 6.51. The Morgan fingerprint density at radius 3 is 2.14 bits per heavy atom. The van der Waals surface area contributed by atoms with Gasteiger partial charge in [-0.3, -0.25) is 0 Å². The predicted molar refractivity (Wildman–Crippen MR) is 67.1 cm³/mol. The molecule has 0 aromatic carbocycles. The lowest BCUT2D eigenvalue weighted by Gasteiger charge is -2.45. The van der Waals surface area contributed by atoms with Crippen molar-refractivity contribution in [2.75, 3.05) is 19.3 Å². The van der Waals surface area contributed by atoms with Gasteiger partial charge in [0.15, 0.2) is 0 Å². The summed E-state index contributed by atoms with van der Waals surface area (Å²) in [5, 5.41) is 0. The Hall–Kier alpha value is 0.310. The summed E-state index contributed by atoms with van der Waals surface area (Å²) in [5.41, 5.74) is 0.543. The number of hydrogen-bond acceptors (Lipinski definition) is 2. The van der Waals surface area contributed by atoms with Gasteiger partial charge in [-0.05, 0) is 43.9 Å². The molecule has 0 spiro atoms. The second-order valence-corrected chi connectivity index (χ2v) is 5.73. The molecule has 1 rings (SSSR count). The predicted octanol–water partition coefficient (Wildman–Crippen LogP) is 3.06. The summed E-state index contributed by atoms with van der Waals surface area (Å²) in [6.07, 6.45) is 4.17. The van der Waals surface area contributed by atoms with Crippen LogP contribution in [0.25, 0.3) is 0 Å². The number of rotatable bonds is 5. The Kier molecular flexibility index (Phi) is 4.32. The highest BCUT2D eigenvalue weighted by Gasteiger charge is 2.37. The Morgan fingerprint density at radius 2 is 1.86 bits per heavy atom. The van der Waals surface area contributed by atoms with Gasteiger partial charge >= 0.3 is 0 Å². The molecule has 1 atom stereocenters. The monoisotopic (exact) mass is 215 g/mol. The molecule has 84 valence electrons. The number of thiol groups is 1. The molecule has 1 fully saturated rings. The molecule has 0 amide bonds. The Labute approximate surface area is 94.7 Å². The summed E-state index contributed by atoms with van der Waals surface area (Å²) in [5.74, 6) is 1.80. The second kappa shape index (κ2) is 4.89. The molecule has 14 heavy (non-hydrogen) atoms. The third-order valence-corrected chi connectivity index (χ3v) is 4.67. The lowest BCUT2D eigenvalue weighted by atomic mass is 9.69. The molecule has 1 unspecified atom stereocenters. The molecule has 2 heteroatoms. The zero-order valence-corrected chi connectivity index (χ0v) is 11.0. The van der Waals surface area contributed by atoms with Crippen LogP contribution in [0.3, 0.4) is 0 Å². The number of nitrogens with zero attached hydrogens (tertiary/aromatic N) is 1. The SMILES string of the molecule is CC(C)C(C)N(C)CC1(CS)CCC1. The van der Waals surface area contributed by atoms with E-state index in [0.717, 1.165) is 11.7 Å². The van der Waals surface area contributed by atoms with Gasteiger partial charge in [-0.1, -0.05) is 20.3 Å². The molecule has 0 aromatic heterocycles. The van der Waals surface area contributed by atoms with E-state index in [0.29, 0.717) is 11.5 Å². The third kappa shape index (κ3) is 2.66. The zero-order chi connectivity index (χ0) is 10.8. The quantitative estimate of drug-likeness (QED) is 0.690. The van der Waals surface area contributed by atoms with Crippen LogP contribution in [0.5, 0.6) is 0 Å². The maximum absolute atomic E-state index is 4.50. The first-order valence-electron chi connectivity index (χ1n) is 5.82. The highest BCUT2D eigenvalue weighted by atomic mass is 32.1. The average Bonchev–Trinajstić information content (AvgIpc) is 2.09. The van der Waals surface area contributed by atoms with Crippen molar-refractivity contribution >= 4 is 12.6 Å². The molecule has 0 aromatic rings. The van der Waals surface area contributed by atoms with Gasteiger partial charge in [-0.15, -0.1) is 0 Å². The van der Waals surface area contributed by atoms with Gasteiger partial charge in [0.1, 0.15) is 0 Å². The molecule has 0 N–H and O–H groups in total. The van der Waals surface area contributed by atoms with E-state index in [1.165, 1.54) is 25.8 Å². The van der Waals surface area contributed by atoms with Crippen molar-refractivity contribution in [3.63, 3.8) is 0 Å². The van der Waals surface area contributed by atoms with E-state index in [1.807, 2.05) is 0 Å². The summed E-state index contributed by atoms with van der Waals surface area (Å²) in [4.78, 5) is 2.51. The Morgan fingerprint density at radius 1 is 1.29 bits per heavy atom. The standard InChI is InChI=1S/C12H25NS/c1-10(2)11(3)13(4)8-12(9-14)6-5-7-12/h10-11,14H,5-9H2,1-4H3. The van der Waals surface area contributed by atoms with Crippen LogP contribution >= 0.6 is 12.6 Å². The van der Waals surface area contributed by atoms with Gasteiger partial charge in [-0.25, -0.2) is 0 Å². The normalized spacial score (nSPS) is 22.5. The molecule has 0 heterocycles. The topological polar surface area (TPSA) is 3.24 Å². The van der Waals surface area contributed by atoms with Gasteiger partial charge in [-0.2, -0.15) is 12.6 Å². The fourth-order valence-corrected chi connectivity index (χ4v) is 2.64. The van der Waals surface area contributed by atoms with Gasteiger partial charge in [0.2, 0.25) is 0 Å². The first kappa shape index (κ1) is 12.4. The van der Waals surface area contributed by atoms with Crippen molar-refractivity contribution < 1.29 is 0 Å². The summed E-state index contributed by atoms with van der Waals surface area (Å²) >= 11 is 4.50. The van der Waals surface area contributed by atoms with E-state index in [-0.39, 0.29) is 0 Å². The fraction of sp³-hybridized carbons (Fsp3) is 1.00. The molecule has 1 nitrogen and oxygen atoms in total. The van der Waals surface area contributed by atoms with E-state index in [4.69, 9.17) is 0 Å². The van der Waals surface area contributed by atoms with Crippen LogP contribution < -0.4 is 0 Å². The van der Waals surface area contributed by atoms with Gasteiger partial charge < -0.3 is 4.90 Å². The third-order valence-electron chi connectivity index (χ3n) is 3.99. The van der Waals surface area contributed by atoms with Crippen molar-refractivity contribution in [1.29, 1.82) is 0 Å². The first-order valence-corrected chi connectivity index (χ1v) is 6.45. The molecule has 0 bridgehead atoms. The summed E-state index contributed by atoms with van der Waals surface area (Å²) < 4.78 is 0. The molecule has 1 aliphatic rings. The minimum Gasteiger partial charge on any atom is -0.303 e. The van der Waals surface area contributed by atoms with Crippen molar-refractivity contribution in [2.24, 2.45) is 11.3 Å². The largest absolute Gasteiger partial charge is 0.303 e. The van der Waals surface area contributed by atoms with Crippen molar-refractivity contribution in [2.45, 2.75) is 46.1 Å². The molecule has 0 saturated heterocycles. The van der Waals surface area contributed by atoms with E-state index >= 15 is 0 Å². The molecule has 1 aliphatic carbocycles. The van der Waals surface area contributed by atoms with Crippen LogP contribution in [-0.2, 0) is 0 Å². The maximum atomic E-state index is 4.50. The highest BCUT2D eigenvalue weighted by Crippen LogP contribution is 2.42.